The van der Waals surface area contributed by atoms with Crippen LogP contribution in [0.25, 0.3) is 11.0 Å². The number of carbonyl (C=O) groups excluding carboxylic acids is 1. The molecule has 0 saturated carbocycles. The molecule has 0 spiro atoms. The Morgan fingerprint density at radius 1 is 1.20 bits per heavy atom. The Morgan fingerprint density at radius 3 is 2.72 bits per heavy atom. The molecular weight excluding hydrogens is 386 g/mol. The zero-order valence-corrected chi connectivity index (χ0v) is 15.3. The third-order valence-electron chi connectivity index (χ3n) is 3.82. The van der Waals surface area contributed by atoms with Gasteiger partial charge in [0.2, 0.25) is 0 Å². The largest absolute Gasteiger partial charge is 0.483 e. The lowest BCUT2D eigenvalue weighted by Crippen LogP contribution is -2.20. The van der Waals surface area contributed by atoms with Gasteiger partial charge >= 0.3 is 5.63 Å². The monoisotopic (exact) mass is 401 g/mol. The van der Waals surface area contributed by atoms with Gasteiger partial charge in [-0.3, -0.25) is 4.79 Å². The number of rotatable bonds is 4. The molecule has 0 unspecified atom stereocenters. The number of ether oxygens (including phenoxy) is 1. The van der Waals surface area contributed by atoms with Crippen molar-refractivity contribution >= 4 is 38.5 Å². The van der Waals surface area contributed by atoms with E-state index in [0.717, 1.165) is 15.4 Å². The van der Waals surface area contributed by atoms with Gasteiger partial charge in [-0.2, -0.15) is 0 Å². The molecule has 0 aliphatic heterocycles. The Hall–Kier alpha value is -2.60. The van der Waals surface area contributed by atoms with Crippen molar-refractivity contribution in [1.82, 2.24) is 0 Å². The van der Waals surface area contributed by atoms with Crippen molar-refractivity contribution in [2.24, 2.45) is 0 Å². The highest BCUT2D eigenvalue weighted by molar-refractivity contribution is 9.10. The number of halogens is 1. The van der Waals surface area contributed by atoms with Gasteiger partial charge in [-0.15, -0.1) is 0 Å². The molecule has 1 N–H and O–H groups in total. The van der Waals surface area contributed by atoms with Crippen LogP contribution in [-0.2, 0) is 4.79 Å². The Kier molecular flexibility index (Phi) is 4.90. The Balaban J connectivity index is 1.77. The van der Waals surface area contributed by atoms with E-state index in [1.54, 1.807) is 19.1 Å². The van der Waals surface area contributed by atoms with E-state index in [-0.39, 0.29) is 12.5 Å². The van der Waals surface area contributed by atoms with Crippen LogP contribution in [0, 0.1) is 13.8 Å². The van der Waals surface area contributed by atoms with Gasteiger partial charge in [0.15, 0.2) is 6.61 Å². The fourth-order valence-corrected chi connectivity index (χ4v) is 2.93. The number of anilines is 1. The minimum atomic E-state index is -0.406. The van der Waals surface area contributed by atoms with Gasteiger partial charge < -0.3 is 14.5 Å². The summed E-state index contributed by atoms with van der Waals surface area (Å²) in [5.41, 5.74) is 2.28. The van der Waals surface area contributed by atoms with Crippen molar-refractivity contribution < 1.29 is 13.9 Å². The van der Waals surface area contributed by atoms with E-state index in [4.69, 9.17) is 9.15 Å². The van der Waals surface area contributed by atoms with Crippen LogP contribution in [0.3, 0.4) is 0 Å². The minimum Gasteiger partial charge on any atom is -0.483 e. The van der Waals surface area contributed by atoms with Gasteiger partial charge in [0, 0.05) is 21.5 Å². The first-order valence-corrected chi connectivity index (χ1v) is 8.46. The van der Waals surface area contributed by atoms with Crippen molar-refractivity contribution in [2.45, 2.75) is 13.8 Å². The molecule has 0 aliphatic carbocycles. The second-order valence-corrected chi connectivity index (χ2v) is 6.48. The third-order valence-corrected chi connectivity index (χ3v) is 4.52. The number of carbonyl (C=O) groups is 1. The standard InChI is InChI=1S/C19H16BrNO4/c1-11-9-18(23)25-19-12(2)16(8-7-13(11)19)24-10-17(22)21-15-6-4-3-5-14(15)20/h3-9H,10H2,1-2H3,(H,21,22). The lowest BCUT2D eigenvalue weighted by atomic mass is 10.1. The smallest absolute Gasteiger partial charge is 0.336 e. The molecule has 1 aromatic heterocycles. The summed E-state index contributed by atoms with van der Waals surface area (Å²) in [6.45, 7) is 3.50. The molecule has 2 aromatic carbocycles. The van der Waals surface area contributed by atoms with Crippen LogP contribution in [0.2, 0.25) is 0 Å². The maximum absolute atomic E-state index is 12.1. The lowest BCUT2D eigenvalue weighted by Gasteiger charge is -2.12. The normalized spacial score (nSPS) is 10.7. The molecule has 3 rings (SSSR count). The minimum absolute atomic E-state index is 0.149. The van der Waals surface area contributed by atoms with Gasteiger partial charge in [0.1, 0.15) is 11.3 Å². The number of nitrogens with one attached hydrogen (secondary N) is 1. The van der Waals surface area contributed by atoms with Crippen LogP contribution in [-0.4, -0.2) is 12.5 Å². The number of hydrogen-bond acceptors (Lipinski definition) is 4. The summed E-state index contributed by atoms with van der Waals surface area (Å²) in [6, 6.07) is 12.4. The number of aryl methyl sites for hydroxylation is 2. The zero-order chi connectivity index (χ0) is 18.0. The zero-order valence-electron chi connectivity index (χ0n) is 13.8. The van der Waals surface area contributed by atoms with Crippen molar-refractivity contribution in [3.8, 4) is 5.75 Å². The molecule has 6 heteroatoms. The average molecular weight is 402 g/mol. The second kappa shape index (κ2) is 7.11. The van der Waals surface area contributed by atoms with E-state index in [1.165, 1.54) is 6.07 Å². The first-order valence-electron chi connectivity index (χ1n) is 7.67. The number of para-hydroxylation sites is 1. The molecule has 0 radical (unpaired) electrons. The maximum Gasteiger partial charge on any atom is 0.336 e. The highest BCUT2D eigenvalue weighted by Crippen LogP contribution is 2.28. The summed E-state index contributed by atoms with van der Waals surface area (Å²) in [5, 5.41) is 3.62. The summed E-state index contributed by atoms with van der Waals surface area (Å²) in [6.07, 6.45) is 0. The quantitative estimate of drug-likeness (QED) is 0.665. The molecule has 3 aromatic rings. The molecule has 5 nitrogen and oxygen atoms in total. The molecule has 0 bridgehead atoms. The first kappa shape index (κ1) is 17.2. The van der Waals surface area contributed by atoms with Gasteiger partial charge in [0.05, 0.1) is 5.69 Å². The van der Waals surface area contributed by atoms with Crippen LogP contribution in [0.5, 0.6) is 5.75 Å². The van der Waals surface area contributed by atoms with E-state index in [2.05, 4.69) is 21.2 Å². The fraction of sp³-hybridized carbons (Fsp3) is 0.158. The first-order chi connectivity index (χ1) is 12.0. The fourth-order valence-electron chi connectivity index (χ4n) is 2.55. The van der Waals surface area contributed by atoms with E-state index >= 15 is 0 Å². The van der Waals surface area contributed by atoms with Crippen molar-refractivity contribution in [2.75, 3.05) is 11.9 Å². The molecule has 128 valence electrons. The van der Waals surface area contributed by atoms with E-state index in [0.29, 0.717) is 22.6 Å². The van der Waals surface area contributed by atoms with Gasteiger partial charge in [-0.25, -0.2) is 4.79 Å². The SMILES string of the molecule is Cc1cc(=O)oc2c(C)c(OCC(=O)Nc3ccccc3Br)ccc12. The van der Waals surface area contributed by atoms with Crippen LogP contribution in [0.4, 0.5) is 5.69 Å². The molecular formula is C19H16BrNO4. The predicted molar refractivity (Wildman–Crippen MR) is 100 cm³/mol. The summed E-state index contributed by atoms with van der Waals surface area (Å²) < 4.78 is 11.7. The number of fused-ring (bicyclic) bond motifs is 1. The average Bonchev–Trinajstić information content (AvgIpc) is 2.57. The molecule has 0 atom stereocenters. The van der Waals surface area contributed by atoms with Gasteiger partial charge in [-0.05, 0) is 59.6 Å². The Morgan fingerprint density at radius 2 is 1.96 bits per heavy atom. The number of hydrogen-bond donors (Lipinski definition) is 1. The van der Waals surface area contributed by atoms with Crippen LogP contribution in [0.15, 0.2) is 56.1 Å². The van der Waals surface area contributed by atoms with E-state index in [1.807, 2.05) is 31.2 Å². The molecule has 1 amide bonds. The summed E-state index contributed by atoms with van der Waals surface area (Å²) in [5.74, 6) is 0.223. The molecule has 1 heterocycles. The van der Waals surface area contributed by atoms with Crippen molar-refractivity contribution in [3.63, 3.8) is 0 Å². The van der Waals surface area contributed by atoms with E-state index in [9.17, 15) is 9.59 Å². The highest BCUT2D eigenvalue weighted by Gasteiger charge is 2.12. The van der Waals surface area contributed by atoms with Crippen molar-refractivity contribution in [1.29, 1.82) is 0 Å². The van der Waals surface area contributed by atoms with Crippen LogP contribution in [0.1, 0.15) is 11.1 Å². The third kappa shape index (κ3) is 3.74. The van der Waals surface area contributed by atoms with E-state index < -0.39 is 5.63 Å². The summed E-state index contributed by atoms with van der Waals surface area (Å²) in [7, 11) is 0. The molecule has 0 aliphatic rings. The Bertz CT molecular complexity index is 1010. The molecule has 0 fully saturated rings. The summed E-state index contributed by atoms with van der Waals surface area (Å²) >= 11 is 3.38. The second-order valence-electron chi connectivity index (χ2n) is 5.63. The lowest BCUT2D eigenvalue weighted by molar-refractivity contribution is -0.118. The predicted octanol–water partition coefficient (Wildman–Crippen LogP) is 4.19. The van der Waals surface area contributed by atoms with Gasteiger partial charge in [0.25, 0.3) is 5.91 Å². The van der Waals surface area contributed by atoms with Crippen LogP contribution < -0.4 is 15.7 Å². The number of amides is 1. The van der Waals surface area contributed by atoms with Gasteiger partial charge in [-0.1, -0.05) is 12.1 Å². The molecule has 0 saturated heterocycles. The Labute approximate surface area is 152 Å². The van der Waals surface area contributed by atoms with Crippen LogP contribution >= 0.6 is 15.9 Å². The van der Waals surface area contributed by atoms with Crippen molar-refractivity contribution in [3.05, 3.63) is 68.5 Å². The highest BCUT2D eigenvalue weighted by atomic mass is 79.9. The topological polar surface area (TPSA) is 68.5 Å². The number of benzene rings is 2. The molecule has 25 heavy (non-hydrogen) atoms. The maximum atomic E-state index is 12.1. The summed E-state index contributed by atoms with van der Waals surface area (Å²) in [4.78, 5) is 23.7.